The Labute approximate surface area is 128 Å². The Balaban J connectivity index is 0.00000200. The maximum absolute atomic E-state index is 12.0. The van der Waals surface area contributed by atoms with Crippen LogP contribution in [0.1, 0.15) is 39.0 Å². The highest BCUT2D eigenvalue weighted by Gasteiger charge is 2.22. The van der Waals surface area contributed by atoms with E-state index >= 15 is 0 Å². The number of amides is 1. The smallest absolute Gasteiger partial charge is 0.220 e. The summed E-state index contributed by atoms with van der Waals surface area (Å²) in [7, 11) is 0. The second-order valence-electron chi connectivity index (χ2n) is 6.13. The van der Waals surface area contributed by atoms with Gasteiger partial charge in [0.2, 0.25) is 5.91 Å². The Hall–Kier alpha value is -0.320. The molecule has 0 aromatic carbocycles. The summed E-state index contributed by atoms with van der Waals surface area (Å²) in [6.45, 7) is 6.99. The van der Waals surface area contributed by atoms with Crippen LogP contribution in [0.3, 0.4) is 0 Å². The molecular formula is C15H29ClN2O2. The Morgan fingerprint density at radius 1 is 1.25 bits per heavy atom. The summed E-state index contributed by atoms with van der Waals surface area (Å²) in [6, 6.07) is 0. The van der Waals surface area contributed by atoms with Crippen molar-refractivity contribution in [1.82, 2.24) is 10.6 Å². The van der Waals surface area contributed by atoms with Gasteiger partial charge >= 0.3 is 0 Å². The SMILES string of the molecule is CC(CC(=O)NCC1CCOCC1)C1CCNCC1.Cl. The fourth-order valence-electron chi connectivity index (χ4n) is 3.15. The van der Waals surface area contributed by atoms with Gasteiger partial charge in [0.15, 0.2) is 0 Å². The summed E-state index contributed by atoms with van der Waals surface area (Å²) < 4.78 is 5.33. The van der Waals surface area contributed by atoms with Crippen molar-refractivity contribution in [2.45, 2.75) is 39.0 Å². The van der Waals surface area contributed by atoms with Crippen LogP contribution in [0.5, 0.6) is 0 Å². The second kappa shape index (κ2) is 9.59. The largest absolute Gasteiger partial charge is 0.381 e. The van der Waals surface area contributed by atoms with E-state index in [1.165, 1.54) is 12.8 Å². The van der Waals surface area contributed by atoms with E-state index in [1.807, 2.05) is 0 Å². The van der Waals surface area contributed by atoms with Crippen molar-refractivity contribution in [3.05, 3.63) is 0 Å². The zero-order chi connectivity index (χ0) is 13.5. The second-order valence-corrected chi connectivity index (χ2v) is 6.13. The fourth-order valence-corrected chi connectivity index (χ4v) is 3.15. The molecular weight excluding hydrogens is 276 g/mol. The topological polar surface area (TPSA) is 50.4 Å². The number of nitrogens with one attached hydrogen (secondary N) is 2. The van der Waals surface area contributed by atoms with E-state index in [2.05, 4.69) is 17.6 Å². The van der Waals surface area contributed by atoms with Gasteiger partial charge in [-0.05, 0) is 56.5 Å². The molecule has 2 N–H and O–H groups in total. The van der Waals surface area contributed by atoms with Crippen molar-refractivity contribution in [3.63, 3.8) is 0 Å². The molecule has 5 heteroatoms. The molecule has 0 aromatic heterocycles. The lowest BCUT2D eigenvalue weighted by Crippen LogP contribution is -2.35. The third-order valence-electron chi connectivity index (χ3n) is 4.62. The Morgan fingerprint density at radius 3 is 2.55 bits per heavy atom. The number of rotatable bonds is 5. The molecule has 2 saturated heterocycles. The van der Waals surface area contributed by atoms with Gasteiger partial charge in [-0.3, -0.25) is 4.79 Å². The zero-order valence-electron chi connectivity index (χ0n) is 12.5. The number of hydrogen-bond acceptors (Lipinski definition) is 3. The maximum atomic E-state index is 12.0. The molecule has 4 nitrogen and oxygen atoms in total. The van der Waals surface area contributed by atoms with Gasteiger partial charge in [-0.15, -0.1) is 12.4 Å². The summed E-state index contributed by atoms with van der Waals surface area (Å²) >= 11 is 0. The minimum atomic E-state index is 0. The first kappa shape index (κ1) is 17.7. The Bertz CT molecular complexity index is 277. The number of halogens is 1. The van der Waals surface area contributed by atoms with Crippen LogP contribution in [0, 0.1) is 17.8 Å². The lowest BCUT2D eigenvalue weighted by atomic mass is 9.84. The first-order valence-corrected chi connectivity index (χ1v) is 7.81. The van der Waals surface area contributed by atoms with E-state index in [-0.39, 0.29) is 18.3 Å². The molecule has 0 radical (unpaired) electrons. The van der Waals surface area contributed by atoms with Gasteiger partial charge in [-0.25, -0.2) is 0 Å². The molecule has 1 amide bonds. The van der Waals surface area contributed by atoms with Crippen LogP contribution in [0.25, 0.3) is 0 Å². The number of piperidine rings is 1. The summed E-state index contributed by atoms with van der Waals surface area (Å²) in [5, 5.41) is 6.49. The fraction of sp³-hybridized carbons (Fsp3) is 0.933. The Kier molecular flexibility index (Phi) is 8.50. The molecule has 0 spiro atoms. The highest BCUT2D eigenvalue weighted by atomic mass is 35.5. The van der Waals surface area contributed by atoms with Crippen LogP contribution in [-0.2, 0) is 9.53 Å². The summed E-state index contributed by atoms with van der Waals surface area (Å²) in [5.74, 6) is 2.08. The molecule has 1 atom stereocenters. The Morgan fingerprint density at radius 2 is 1.90 bits per heavy atom. The van der Waals surface area contributed by atoms with Gasteiger partial charge in [0.05, 0.1) is 0 Å². The first-order valence-electron chi connectivity index (χ1n) is 7.81. The van der Waals surface area contributed by atoms with Crippen molar-refractivity contribution in [2.75, 3.05) is 32.8 Å². The number of ether oxygens (including phenoxy) is 1. The van der Waals surface area contributed by atoms with Crippen molar-refractivity contribution in [3.8, 4) is 0 Å². The average Bonchev–Trinajstić information content (AvgIpc) is 2.47. The molecule has 0 aliphatic carbocycles. The third-order valence-corrected chi connectivity index (χ3v) is 4.62. The van der Waals surface area contributed by atoms with Gasteiger partial charge < -0.3 is 15.4 Å². The quantitative estimate of drug-likeness (QED) is 0.816. The average molecular weight is 305 g/mol. The zero-order valence-corrected chi connectivity index (χ0v) is 13.3. The van der Waals surface area contributed by atoms with Gasteiger partial charge in [0.1, 0.15) is 0 Å². The van der Waals surface area contributed by atoms with E-state index in [0.717, 1.165) is 51.6 Å². The lowest BCUT2D eigenvalue weighted by molar-refractivity contribution is -0.122. The molecule has 2 rings (SSSR count). The predicted octanol–water partition coefficient (Wildman–Crippen LogP) is 1.98. The summed E-state index contributed by atoms with van der Waals surface area (Å²) in [5.41, 5.74) is 0. The highest BCUT2D eigenvalue weighted by molar-refractivity contribution is 5.85. The predicted molar refractivity (Wildman–Crippen MR) is 83.2 cm³/mol. The van der Waals surface area contributed by atoms with E-state index in [0.29, 0.717) is 18.3 Å². The number of hydrogen-bond donors (Lipinski definition) is 2. The molecule has 0 aromatic rings. The van der Waals surface area contributed by atoms with Gasteiger partial charge in [-0.1, -0.05) is 6.92 Å². The summed E-state index contributed by atoms with van der Waals surface area (Å²) in [4.78, 5) is 12.0. The molecule has 0 bridgehead atoms. The standard InChI is InChI=1S/C15H28N2O2.ClH/c1-12(14-2-6-16-7-3-14)10-15(18)17-11-13-4-8-19-9-5-13;/h12-14,16H,2-11H2,1H3,(H,17,18);1H. The van der Waals surface area contributed by atoms with E-state index in [1.54, 1.807) is 0 Å². The van der Waals surface area contributed by atoms with E-state index < -0.39 is 0 Å². The lowest BCUT2D eigenvalue weighted by Gasteiger charge is -2.28. The van der Waals surface area contributed by atoms with Crippen LogP contribution in [0.4, 0.5) is 0 Å². The monoisotopic (exact) mass is 304 g/mol. The van der Waals surface area contributed by atoms with Crippen molar-refractivity contribution >= 4 is 18.3 Å². The highest BCUT2D eigenvalue weighted by Crippen LogP contribution is 2.24. The third kappa shape index (κ3) is 5.98. The number of carbonyl (C=O) groups excluding carboxylic acids is 1. The summed E-state index contributed by atoms with van der Waals surface area (Å²) in [6.07, 6.45) is 5.30. The van der Waals surface area contributed by atoms with Crippen LogP contribution in [0.2, 0.25) is 0 Å². The molecule has 2 fully saturated rings. The normalized spacial score (nSPS) is 22.9. The van der Waals surface area contributed by atoms with Crippen molar-refractivity contribution < 1.29 is 9.53 Å². The molecule has 20 heavy (non-hydrogen) atoms. The van der Waals surface area contributed by atoms with Gasteiger partial charge in [0.25, 0.3) is 0 Å². The van der Waals surface area contributed by atoms with Gasteiger partial charge in [-0.2, -0.15) is 0 Å². The van der Waals surface area contributed by atoms with Crippen LogP contribution >= 0.6 is 12.4 Å². The van der Waals surface area contributed by atoms with E-state index in [9.17, 15) is 4.79 Å². The van der Waals surface area contributed by atoms with Crippen molar-refractivity contribution in [2.24, 2.45) is 17.8 Å². The van der Waals surface area contributed by atoms with Gasteiger partial charge in [0, 0.05) is 26.2 Å². The first-order chi connectivity index (χ1) is 9.25. The minimum Gasteiger partial charge on any atom is -0.381 e. The van der Waals surface area contributed by atoms with Crippen LogP contribution < -0.4 is 10.6 Å². The molecule has 1 unspecified atom stereocenters. The molecule has 2 aliphatic rings. The maximum Gasteiger partial charge on any atom is 0.220 e. The van der Waals surface area contributed by atoms with E-state index in [4.69, 9.17) is 4.74 Å². The minimum absolute atomic E-state index is 0. The van der Waals surface area contributed by atoms with Crippen LogP contribution in [-0.4, -0.2) is 38.8 Å². The molecule has 2 heterocycles. The van der Waals surface area contributed by atoms with Crippen LogP contribution in [0.15, 0.2) is 0 Å². The molecule has 0 saturated carbocycles. The number of carbonyl (C=O) groups is 1. The molecule has 118 valence electrons. The molecule has 2 aliphatic heterocycles. The van der Waals surface area contributed by atoms with Crippen molar-refractivity contribution in [1.29, 1.82) is 0 Å².